The van der Waals surface area contributed by atoms with Gasteiger partial charge in [-0.1, -0.05) is 12.1 Å². The third-order valence-corrected chi connectivity index (χ3v) is 2.15. The Kier molecular flexibility index (Phi) is 7.38. The summed E-state index contributed by atoms with van der Waals surface area (Å²) in [6, 6.07) is 5.06. The van der Waals surface area contributed by atoms with E-state index in [0.29, 0.717) is 5.56 Å². The van der Waals surface area contributed by atoms with Crippen molar-refractivity contribution in [3.8, 4) is 5.75 Å². The number of benzene rings is 1. The normalized spacial score (nSPS) is 12.2. The maximum absolute atomic E-state index is 11.9. The maximum Gasteiger partial charge on any atom is 0.573 e. The van der Waals surface area contributed by atoms with Crippen LogP contribution in [0.3, 0.4) is 0 Å². The van der Waals surface area contributed by atoms with E-state index in [1.807, 2.05) is 0 Å². The Bertz CT molecular complexity index is 422. The van der Waals surface area contributed by atoms with E-state index in [1.54, 1.807) is 6.92 Å². The highest BCUT2D eigenvalue weighted by atomic mass is 35.5. The molecule has 0 radical (unpaired) electrons. The summed E-state index contributed by atoms with van der Waals surface area (Å²) >= 11 is 0. The van der Waals surface area contributed by atoms with Gasteiger partial charge in [0.15, 0.2) is 0 Å². The average molecular weight is 313 g/mol. The standard InChI is InChI=1S/C12H15F3N2O2.ClH/c1-8(16)6-11(18)17-7-9-2-4-10(5-3-9)19-12(13,14)15;/h2-5,8H,6-7,16H2,1H3,(H,17,18);1H. The fourth-order valence-electron chi connectivity index (χ4n) is 1.37. The highest BCUT2D eigenvalue weighted by Gasteiger charge is 2.30. The number of hydrogen-bond donors (Lipinski definition) is 2. The lowest BCUT2D eigenvalue weighted by molar-refractivity contribution is -0.274. The van der Waals surface area contributed by atoms with Crippen LogP contribution in [-0.4, -0.2) is 18.3 Å². The lowest BCUT2D eigenvalue weighted by Crippen LogP contribution is -2.29. The zero-order chi connectivity index (χ0) is 14.5. The summed E-state index contributed by atoms with van der Waals surface area (Å²) in [4.78, 5) is 11.3. The quantitative estimate of drug-likeness (QED) is 0.877. The summed E-state index contributed by atoms with van der Waals surface area (Å²) in [5.41, 5.74) is 6.13. The first-order valence-corrected chi connectivity index (χ1v) is 5.63. The van der Waals surface area contributed by atoms with Gasteiger partial charge in [0.1, 0.15) is 5.75 Å². The summed E-state index contributed by atoms with van der Waals surface area (Å²) in [7, 11) is 0. The highest BCUT2D eigenvalue weighted by molar-refractivity contribution is 5.85. The molecule has 0 heterocycles. The van der Waals surface area contributed by atoms with E-state index in [1.165, 1.54) is 24.3 Å². The second kappa shape index (κ2) is 7.96. The largest absolute Gasteiger partial charge is 0.573 e. The van der Waals surface area contributed by atoms with Gasteiger partial charge < -0.3 is 15.8 Å². The van der Waals surface area contributed by atoms with Crippen LogP contribution in [-0.2, 0) is 11.3 Å². The minimum Gasteiger partial charge on any atom is -0.406 e. The molecular formula is C12H16ClF3N2O2. The third kappa shape index (κ3) is 7.85. The Morgan fingerprint density at radius 1 is 1.35 bits per heavy atom. The number of nitrogens with one attached hydrogen (secondary N) is 1. The Labute approximate surface area is 120 Å². The molecule has 4 nitrogen and oxygen atoms in total. The molecule has 0 aliphatic heterocycles. The van der Waals surface area contributed by atoms with Crippen LogP contribution in [0.5, 0.6) is 5.75 Å². The van der Waals surface area contributed by atoms with E-state index in [2.05, 4.69) is 10.1 Å². The van der Waals surface area contributed by atoms with E-state index in [-0.39, 0.29) is 43.1 Å². The van der Waals surface area contributed by atoms with Gasteiger partial charge in [0.2, 0.25) is 5.91 Å². The number of rotatable bonds is 5. The number of ether oxygens (including phenoxy) is 1. The molecule has 0 aromatic heterocycles. The molecule has 0 saturated carbocycles. The number of halogens is 4. The second-order valence-corrected chi connectivity index (χ2v) is 4.15. The number of nitrogens with two attached hydrogens (primary N) is 1. The number of carbonyl (C=O) groups is 1. The zero-order valence-electron chi connectivity index (χ0n) is 10.7. The minimum atomic E-state index is -4.70. The monoisotopic (exact) mass is 312 g/mol. The van der Waals surface area contributed by atoms with Gasteiger partial charge in [0.25, 0.3) is 0 Å². The molecule has 0 spiro atoms. The highest BCUT2D eigenvalue weighted by Crippen LogP contribution is 2.22. The fourth-order valence-corrected chi connectivity index (χ4v) is 1.37. The molecular weight excluding hydrogens is 297 g/mol. The predicted molar refractivity (Wildman–Crippen MR) is 70.5 cm³/mol. The van der Waals surface area contributed by atoms with Gasteiger partial charge in [0.05, 0.1) is 0 Å². The van der Waals surface area contributed by atoms with Crippen molar-refractivity contribution in [3.05, 3.63) is 29.8 Å². The van der Waals surface area contributed by atoms with Gasteiger partial charge in [-0.15, -0.1) is 25.6 Å². The van der Waals surface area contributed by atoms with Crippen LogP contribution in [0.15, 0.2) is 24.3 Å². The first kappa shape index (κ1) is 18.5. The van der Waals surface area contributed by atoms with Crippen molar-refractivity contribution in [1.29, 1.82) is 0 Å². The second-order valence-electron chi connectivity index (χ2n) is 4.15. The van der Waals surface area contributed by atoms with Gasteiger partial charge in [-0.3, -0.25) is 4.79 Å². The smallest absolute Gasteiger partial charge is 0.406 e. The third-order valence-electron chi connectivity index (χ3n) is 2.15. The van der Waals surface area contributed by atoms with Crippen molar-refractivity contribution in [1.82, 2.24) is 5.32 Å². The number of amides is 1. The van der Waals surface area contributed by atoms with E-state index in [9.17, 15) is 18.0 Å². The maximum atomic E-state index is 11.9. The lowest BCUT2D eigenvalue weighted by atomic mass is 10.2. The Morgan fingerprint density at radius 3 is 2.35 bits per heavy atom. The molecule has 20 heavy (non-hydrogen) atoms. The van der Waals surface area contributed by atoms with Crippen LogP contribution in [0.1, 0.15) is 18.9 Å². The minimum absolute atomic E-state index is 0. The molecule has 0 aliphatic carbocycles. The van der Waals surface area contributed by atoms with Crippen LogP contribution in [0.25, 0.3) is 0 Å². The van der Waals surface area contributed by atoms with Crippen LogP contribution in [0.4, 0.5) is 13.2 Å². The zero-order valence-corrected chi connectivity index (χ0v) is 11.6. The van der Waals surface area contributed by atoms with Crippen molar-refractivity contribution in [2.24, 2.45) is 5.73 Å². The number of carbonyl (C=O) groups excluding carboxylic acids is 1. The summed E-state index contributed by atoms with van der Waals surface area (Å²) in [6.07, 6.45) is -4.50. The molecule has 0 saturated heterocycles. The lowest BCUT2D eigenvalue weighted by Gasteiger charge is -2.10. The Balaban J connectivity index is 0.00000361. The Hall–Kier alpha value is -1.47. The summed E-state index contributed by atoms with van der Waals surface area (Å²) in [6.45, 7) is 1.95. The SMILES string of the molecule is CC(N)CC(=O)NCc1ccc(OC(F)(F)F)cc1.Cl. The fraction of sp³-hybridized carbons (Fsp3) is 0.417. The van der Waals surface area contributed by atoms with Gasteiger partial charge in [-0.25, -0.2) is 0 Å². The summed E-state index contributed by atoms with van der Waals surface area (Å²) < 4.78 is 39.5. The molecule has 0 aliphatic rings. The van der Waals surface area contributed by atoms with Crippen molar-refractivity contribution < 1.29 is 22.7 Å². The van der Waals surface area contributed by atoms with Gasteiger partial charge >= 0.3 is 6.36 Å². The van der Waals surface area contributed by atoms with E-state index in [4.69, 9.17) is 5.73 Å². The Morgan fingerprint density at radius 2 is 1.90 bits per heavy atom. The van der Waals surface area contributed by atoms with Crippen LogP contribution < -0.4 is 15.8 Å². The topological polar surface area (TPSA) is 64.4 Å². The molecule has 1 amide bonds. The van der Waals surface area contributed by atoms with Crippen molar-refractivity contribution >= 4 is 18.3 Å². The van der Waals surface area contributed by atoms with Crippen molar-refractivity contribution in [2.75, 3.05) is 0 Å². The molecule has 0 bridgehead atoms. The van der Waals surface area contributed by atoms with Gasteiger partial charge in [-0.2, -0.15) is 0 Å². The summed E-state index contributed by atoms with van der Waals surface area (Å²) in [5.74, 6) is -0.497. The molecule has 114 valence electrons. The van der Waals surface area contributed by atoms with Crippen LogP contribution in [0, 0.1) is 0 Å². The van der Waals surface area contributed by atoms with E-state index >= 15 is 0 Å². The molecule has 1 unspecified atom stereocenters. The van der Waals surface area contributed by atoms with E-state index < -0.39 is 6.36 Å². The molecule has 1 rings (SSSR count). The predicted octanol–water partition coefficient (Wildman–Crippen LogP) is 2.36. The molecule has 1 aromatic carbocycles. The van der Waals surface area contributed by atoms with Gasteiger partial charge in [0, 0.05) is 19.0 Å². The molecule has 0 fully saturated rings. The van der Waals surface area contributed by atoms with Crippen LogP contribution in [0.2, 0.25) is 0 Å². The first-order chi connectivity index (χ1) is 8.76. The van der Waals surface area contributed by atoms with Crippen molar-refractivity contribution in [3.63, 3.8) is 0 Å². The molecule has 3 N–H and O–H groups in total. The molecule has 1 aromatic rings. The molecule has 1 atom stereocenters. The van der Waals surface area contributed by atoms with Crippen LogP contribution >= 0.6 is 12.4 Å². The number of hydrogen-bond acceptors (Lipinski definition) is 3. The average Bonchev–Trinajstić information content (AvgIpc) is 2.25. The van der Waals surface area contributed by atoms with E-state index in [0.717, 1.165) is 0 Å². The van der Waals surface area contributed by atoms with Gasteiger partial charge in [-0.05, 0) is 24.6 Å². The molecule has 8 heteroatoms. The summed E-state index contributed by atoms with van der Waals surface area (Å²) in [5, 5.41) is 2.62. The first-order valence-electron chi connectivity index (χ1n) is 5.63. The van der Waals surface area contributed by atoms with Crippen molar-refractivity contribution in [2.45, 2.75) is 32.3 Å². The number of alkyl halides is 3.